The molecule has 1 unspecified atom stereocenters. The Kier molecular flexibility index (Phi) is 2.04. The summed E-state index contributed by atoms with van der Waals surface area (Å²) in [6.45, 7) is 7.02. The summed E-state index contributed by atoms with van der Waals surface area (Å²) in [6, 6.07) is 0.475. The van der Waals surface area contributed by atoms with E-state index in [0.29, 0.717) is 11.5 Å². The van der Waals surface area contributed by atoms with Crippen LogP contribution in [0.2, 0.25) is 0 Å². The predicted molar refractivity (Wildman–Crippen MR) is 44.8 cm³/mol. The number of rotatable bonds is 0. The maximum absolute atomic E-state index is 5.85. The van der Waals surface area contributed by atoms with E-state index in [1.165, 1.54) is 19.3 Å². The van der Waals surface area contributed by atoms with Crippen molar-refractivity contribution in [2.45, 2.75) is 46.1 Å². The van der Waals surface area contributed by atoms with Gasteiger partial charge in [0.15, 0.2) is 0 Å². The van der Waals surface area contributed by atoms with E-state index < -0.39 is 0 Å². The Morgan fingerprint density at radius 3 is 2.40 bits per heavy atom. The normalized spacial score (nSPS) is 39.6. The molecule has 0 amide bonds. The molecule has 1 heteroatoms. The molecule has 0 aromatic carbocycles. The van der Waals surface area contributed by atoms with Gasteiger partial charge in [0.1, 0.15) is 0 Å². The van der Waals surface area contributed by atoms with Crippen LogP contribution >= 0.6 is 0 Å². The van der Waals surface area contributed by atoms with Crippen LogP contribution in [0.5, 0.6) is 0 Å². The van der Waals surface area contributed by atoms with Crippen LogP contribution in [0.15, 0.2) is 0 Å². The van der Waals surface area contributed by atoms with Gasteiger partial charge in [-0.15, -0.1) is 0 Å². The maximum atomic E-state index is 5.85. The zero-order chi connectivity index (χ0) is 7.78. The van der Waals surface area contributed by atoms with Crippen molar-refractivity contribution in [2.24, 2.45) is 17.1 Å². The van der Waals surface area contributed by atoms with Crippen LogP contribution in [-0.4, -0.2) is 6.04 Å². The minimum absolute atomic E-state index is 0.475. The molecule has 1 fully saturated rings. The van der Waals surface area contributed by atoms with E-state index in [2.05, 4.69) is 20.8 Å². The van der Waals surface area contributed by atoms with Crippen molar-refractivity contribution in [1.29, 1.82) is 0 Å². The Bertz CT molecular complexity index is 118. The Balaban J connectivity index is 2.52. The highest BCUT2D eigenvalue weighted by Gasteiger charge is 2.31. The molecule has 0 aliphatic heterocycles. The van der Waals surface area contributed by atoms with Gasteiger partial charge in [-0.3, -0.25) is 0 Å². The first-order valence-electron chi connectivity index (χ1n) is 4.28. The molecule has 2 atom stereocenters. The summed E-state index contributed by atoms with van der Waals surface area (Å²) in [5, 5.41) is 0. The van der Waals surface area contributed by atoms with Gasteiger partial charge in [0.2, 0.25) is 0 Å². The van der Waals surface area contributed by atoms with Crippen molar-refractivity contribution in [2.75, 3.05) is 0 Å². The lowest BCUT2D eigenvalue weighted by molar-refractivity contribution is 0.139. The van der Waals surface area contributed by atoms with Gasteiger partial charge in [-0.05, 0) is 30.6 Å². The average Bonchev–Trinajstić information content (AvgIpc) is 1.81. The van der Waals surface area contributed by atoms with Gasteiger partial charge in [0.05, 0.1) is 0 Å². The Hall–Kier alpha value is -0.0400. The molecule has 2 N–H and O–H groups in total. The van der Waals surface area contributed by atoms with E-state index in [0.717, 1.165) is 5.92 Å². The molecule has 60 valence electrons. The molecule has 0 aromatic heterocycles. The van der Waals surface area contributed by atoms with Crippen molar-refractivity contribution in [3.05, 3.63) is 0 Å². The van der Waals surface area contributed by atoms with Gasteiger partial charge in [0, 0.05) is 6.04 Å². The lowest BCUT2D eigenvalue weighted by Crippen LogP contribution is -2.36. The molecule has 0 aromatic rings. The summed E-state index contributed by atoms with van der Waals surface area (Å²) in [6.07, 6.45) is 3.74. The first kappa shape index (κ1) is 8.06. The minimum atomic E-state index is 0.475. The second kappa shape index (κ2) is 2.54. The molecular weight excluding hydrogens is 122 g/mol. The lowest BCUT2D eigenvalue weighted by atomic mass is 9.68. The zero-order valence-electron chi connectivity index (χ0n) is 7.35. The molecule has 0 bridgehead atoms. The third-order valence-corrected chi connectivity index (χ3v) is 3.15. The highest BCUT2D eigenvalue weighted by Crippen LogP contribution is 2.39. The van der Waals surface area contributed by atoms with Gasteiger partial charge in [-0.2, -0.15) is 0 Å². The third kappa shape index (κ3) is 1.51. The second-order valence-corrected chi connectivity index (χ2v) is 4.42. The molecule has 1 aliphatic carbocycles. The maximum Gasteiger partial charge on any atom is 0.00417 e. The highest BCUT2D eigenvalue weighted by atomic mass is 14.6. The summed E-state index contributed by atoms with van der Waals surface area (Å²) in [7, 11) is 0. The van der Waals surface area contributed by atoms with E-state index in [-0.39, 0.29) is 0 Å². The predicted octanol–water partition coefficient (Wildman–Crippen LogP) is 2.16. The highest BCUT2D eigenvalue weighted by molar-refractivity contribution is 4.85. The van der Waals surface area contributed by atoms with Gasteiger partial charge in [-0.25, -0.2) is 0 Å². The van der Waals surface area contributed by atoms with Crippen LogP contribution in [0.3, 0.4) is 0 Å². The summed E-state index contributed by atoms with van der Waals surface area (Å²) < 4.78 is 0. The summed E-state index contributed by atoms with van der Waals surface area (Å²) in [5.41, 5.74) is 6.38. The SMILES string of the molecule is C[C@H]1CC(N)CCC1(C)C. The fourth-order valence-corrected chi connectivity index (χ4v) is 1.69. The molecule has 1 saturated carbocycles. The van der Waals surface area contributed by atoms with Crippen LogP contribution in [0.1, 0.15) is 40.0 Å². The molecule has 0 heterocycles. The Labute approximate surface area is 64.0 Å². The lowest BCUT2D eigenvalue weighted by Gasteiger charge is -2.39. The van der Waals surface area contributed by atoms with E-state index in [1.54, 1.807) is 0 Å². The van der Waals surface area contributed by atoms with Crippen molar-refractivity contribution in [1.82, 2.24) is 0 Å². The van der Waals surface area contributed by atoms with Crippen LogP contribution < -0.4 is 5.73 Å². The van der Waals surface area contributed by atoms with E-state index in [9.17, 15) is 0 Å². The fraction of sp³-hybridized carbons (Fsp3) is 1.00. The molecule has 1 nitrogen and oxygen atoms in total. The topological polar surface area (TPSA) is 26.0 Å². The quantitative estimate of drug-likeness (QED) is 0.549. The largest absolute Gasteiger partial charge is 0.328 e. The van der Waals surface area contributed by atoms with Crippen molar-refractivity contribution in [3.8, 4) is 0 Å². The first-order valence-corrected chi connectivity index (χ1v) is 4.28. The van der Waals surface area contributed by atoms with Crippen LogP contribution in [0, 0.1) is 11.3 Å². The molecule has 1 rings (SSSR count). The Morgan fingerprint density at radius 2 is 2.00 bits per heavy atom. The standard InChI is InChI=1S/C9H19N/c1-7-6-8(10)4-5-9(7,2)3/h7-8H,4-6,10H2,1-3H3/t7-,8?/m0/s1. The fourth-order valence-electron chi connectivity index (χ4n) is 1.69. The second-order valence-electron chi connectivity index (χ2n) is 4.42. The van der Waals surface area contributed by atoms with Crippen LogP contribution in [0.4, 0.5) is 0 Å². The van der Waals surface area contributed by atoms with Gasteiger partial charge in [0.25, 0.3) is 0 Å². The summed E-state index contributed by atoms with van der Waals surface area (Å²) in [4.78, 5) is 0. The number of nitrogens with two attached hydrogens (primary N) is 1. The smallest absolute Gasteiger partial charge is 0.00417 e. The zero-order valence-corrected chi connectivity index (χ0v) is 7.35. The van der Waals surface area contributed by atoms with E-state index in [4.69, 9.17) is 5.73 Å². The first-order chi connectivity index (χ1) is 4.52. The monoisotopic (exact) mass is 141 g/mol. The van der Waals surface area contributed by atoms with E-state index in [1.807, 2.05) is 0 Å². The molecule has 10 heavy (non-hydrogen) atoms. The van der Waals surface area contributed by atoms with E-state index >= 15 is 0 Å². The minimum Gasteiger partial charge on any atom is -0.328 e. The summed E-state index contributed by atoms with van der Waals surface area (Å²) >= 11 is 0. The number of hydrogen-bond donors (Lipinski definition) is 1. The van der Waals surface area contributed by atoms with Gasteiger partial charge >= 0.3 is 0 Å². The molecule has 0 spiro atoms. The van der Waals surface area contributed by atoms with Crippen molar-refractivity contribution >= 4 is 0 Å². The Morgan fingerprint density at radius 1 is 1.40 bits per heavy atom. The third-order valence-electron chi connectivity index (χ3n) is 3.15. The van der Waals surface area contributed by atoms with Crippen LogP contribution in [-0.2, 0) is 0 Å². The average molecular weight is 141 g/mol. The molecule has 0 radical (unpaired) electrons. The van der Waals surface area contributed by atoms with Crippen molar-refractivity contribution in [3.63, 3.8) is 0 Å². The van der Waals surface area contributed by atoms with Gasteiger partial charge in [-0.1, -0.05) is 20.8 Å². The molecular formula is C9H19N. The van der Waals surface area contributed by atoms with Crippen molar-refractivity contribution < 1.29 is 0 Å². The van der Waals surface area contributed by atoms with Gasteiger partial charge < -0.3 is 5.73 Å². The molecule has 1 aliphatic rings. The summed E-state index contributed by atoms with van der Waals surface area (Å²) in [5.74, 6) is 0.802. The van der Waals surface area contributed by atoms with Crippen LogP contribution in [0.25, 0.3) is 0 Å². The molecule has 0 saturated heterocycles. The number of hydrogen-bond acceptors (Lipinski definition) is 1.